The van der Waals surface area contributed by atoms with E-state index in [0.29, 0.717) is 12.5 Å². The first kappa shape index (κ1) is 20.5. The number of nitrogen functional groups attached to an aromatic ring is 1. The molecule has 0 bridgehead atoms. The molecule has 32 heavy (non-hydrogen) atoms. The van der Waals surface area contributed by atoms with E-state index in [1.165, 1.54) is 5.56 Å². The Hall–Kier alpha value is -3.39. The highest BCUT2D eigenvalue weighted by molar-refractivity contribution is 6.36. The van der Waals surface area contributed by atoms with Crippen LogP contribution in [0, 0.1) is 0 Å². The molecular weight excluding hydrogens is 397 g/mol. The first-order valence-corrected chi connectivity index (χ1v) is 11.2. The average molecular weight is 425 g/mol. The number of piperidine rings is 1. The van der Waals surface area contributed by atoms with Gasteiger partial charge in [0.1, 0.15) is 13.7 Å². The van der Waals surface area contributed by atoms with E-state index in [1.54, 1.807) is 6.20 Å². The summed E-state index contributed by atoms with van der Waals surface area (Å²) >= 11 is 0. The number of nitrogens with two attached hydrogens (primary N) is 1. The molecule has 7 nitrogen and oxygen atoms in total. The lowest BCUT2D eigenvalue weighted by atomic mass is 9.93. The Morgan fingerprint density at radius 3 is 2.91 bits per heavy atom. The van der Waals surface area contributed by atoms with Gasteiger partial charge in [-0.2, -0.15) is 9.61 Å². The number of para-hydroxylation sites is 1. The number of pyridine rings is 1. The lowest BCUT2D eigenvalue weighted by Crippen LogP contribution is -2.34. The molecular formula is C24H28BN7. The molecule has 0 amide bonds. The Kier molecular flexibility index (Phi) is 5.77. The van der Waals surface area contributed by atoms with Crippen LogP contribution in [0.4, 0.5) is 11.5 Å². The maximum atomic E-state index is 6.19. The average Bonchev–Trinajstić information content (AvgIpc) is 3.21. The van der Waals surface area contributed by atoms with Crippen molar-refractivity contribution in [3.63, 3.8) is 0 Å². The van der Waals surface area contributed by atoms with Gasteiger partial charge < -0.3 is 11.1 Å². The number of nitrogens with one attached hydrogen (secondary N) is 1. The quantitative estimate of drug-likeness (QED) is 0.363. The van der Waals surface area contributed by atoms with E-state index in [2.05, 4.69) is 52.4 Å². The van der Waals surface area contributed by atoms with Gasteiger partial charge in [-0.1, -0.05) is 24.3 Å². The van der Waals surface area contributed by atoms with Crippen LogP contribution < -0.4 is 16.5 Å². The SMILES string of the molecule is Bc1cnn2c(NCc3cccnc3)cc(C3CCCN(Cc4ccccc4N)C3)nc12. The number of aromatic nitrogens is 4. The molecule has 1 unspecified atom stereocenters. The second-order valence-electron chi connectivity index (χ2n) is 8.62. The number of nitrogens with zero attached hydrogens (tertiary/aromatic N) is 5. The fourth-order valence-corrected chi connectivity index (χ4v) is 4.48. The third-order valence-corrected chi connectivity index (χ3v) is 6.24. The van der Waals surface area contributed by atoms with E-state index in [-0.39, 0.29) is 0 Å². The Balaban J connectivity index is 1.39. The van der Waals surface area contributed by atoms with Crippen molar-refractivity contribution in [2.24, 2.45) is 0 Å². The van der Waals surface area contributed by atoms with Crippen LogP contribution in [0.25, 0.3) is 5.65 Å². The molecule has 5 rings (SSSR count). The van der Waals surface area contributed by atoms with Crippen LogP contribution in [0.5, 0.6) is 0 Å². The number of anilines is 2. The van der Waals surface area contributed by atoms with Crippen LogP contribution in [0.15, 0.2) is 61.1 Å². The van der Waals surface area contributed by atoms with Gasteiger partial charge in [0.15, 0.2) is 5.65 Å². The first-order chi connectivity index (χ1) is 15.7. The van der Waals surface area contributed by atoms with Gasteiger partial charge in [0, 0.05) is 55.9 Å². The summed E-state index contributed by atoms with van der Waals surface area (Å²) in [6, 6.07) is 14.4. The third-order valence-electron chi connectivity index (χ3n) is 6.24. The zero-order valence-electron chi connectivity index (χ0n) is 18.4. The van der Waals surface area contributed by atoms with Gasteiger partial charge in [0.05, 0.1) is 5.69 Å². The summed E-state index contributed by atoms with van der Waals surface area (Å²) in [6.07, 6.45) is 7.85. The maximum absolute atomic E-state index is 6.19. The van der Waals surface area contributed by atoms with Crippen LogP contribution in [0.3, 0.4) is 0 Å². The summed E-state index contributed by atoms with van der Waals surface area (Å²) in [5.74, 6) is 1.35. The van der Waals surface area contributed by atoms with Gasteiger partial charge in [-0.25, -0.2) is 4.98 Å². The summed E-state index contributed by atoms with van der Waals surface area (Å²) in [7, 11) is 2.06. The largest absolute Gasteiger partial charge is 0.398 e. The number of hydrogen-bond donors (Lipinski definition) is 2. The minimum absolute atomic E-state index is 0.381. The van der Waals surface area contributed by atoms with Crippen LogP contribution in [-0.4, -0.2) is 45.4 Å². The topological polar surface area (TPSA) is 84.4 Å². The standard InChI is InChI=1S/C24H28BN7/c25-20-14-29-32-23(28-13-17-5-3-9-27-12-17)11-22(30-24(20)32)19-7-4-10-31(16-19)15-18-6-1-2-8-21(18)26/h1-3,5-6,8-9,11-12,14,19,28H,4,7,10,13,15-16,25-26H2. The molecule has 3 N–H and O–H groups in total. The molecule has 162 valence electrons. The molecule has 3 aromatic heterocycles. The zero-order valence-corrected chi connectivity index (χ0v) is 18.4. The predicted octanol–water partition coefficient (Wildman–Crippen LogP) is 1.96. The van der Waals surface area contributed by atoms with E-state index in [1.807, 2.05) is 35.1 Å². The Bertz CT molecular complexity index is 1210. The van der Waals surface area contributed by atoms with Gasteiger partial charge in [0.2, 0.25) is 0 Å². The fraction of sp³-hybridized carbons (Fsp3) is 0.292. The normalized spacial score (nSPS) is 16.9. The summed E-state index contributed by atoms with van der Waals surface area (Å²) in [6.45, 7) is 3.64. The molecule has 1 atom stereocenters. The van der Waals surface area contributed by atoms with Crippen molar-refractivity contribution < 1.29 is 0 Å². The van der Waals surface area contributed by atoms with Crippen LogP contribution in [0.2, 0.25) is 0 Å². The van der Waals surface area contributed by atoms with E-state index >= 15 is 0 Å². The molecule has 1 saturated heterocycles. The van der Waals surface area contributed by atoms with E-state index < -0.39 is 0 Å². The number of fused-ring (bicyclic) bond motifs is 1. The molecule has 4 aromatic rings. The summed E-state index contributed by atoms with van der Waals surface area (Å²) in [5.41, 5.74) is 12.5. The second-order valence-corrected chi connectivity index (χ2v) is 8.62. The minimum Gasteiger partial charge on any atom is -0.398 e. The molecule has 4 heterocycles. The maximum Gasteiger partial charge on any atom is 0.151 e. The monoisotopic (exact) mass is 425 g/mol. The summed E-state index contributed by atoms with van der Waals surface area (Å²) < 4.78 is 1.90. The molecule has 0 saturated carbocycles. The smallest absolute Gasteiger partial charge is 0.151 e. The van der Waals surface area contributed by atoms with Gasteiger partial charge >= 0.3 is 0 Å². The number of hydrogen-bond acceptors (Lipinski definition) is 6. The Morgan fingerprint density at radius 2 is 2.06 bits per heavy atom. The minimum atomic E-state index is 0.381. The highest BCUT2D eigenvalue weighted by atomic mass is 15.3. The van der Waals surface area contributed by atoms with Crippen molar-refractivity contribution in [2.45, 2.75) is 31.8 Å². The summed E-state index contributed by atoms with van der Waals surface area (Å²) in [4.78, 5) is 11.7. The van der Waals surface area contributed by atoms with Crippen molar-refractivity contribution in [3.05, 3.63) is 77.9 Å². The Morgan fingerprint density at radius 1 is 1.16 bits per heavy atom. The van der Waals surface area contributed by atoms with Crippen molar-refractivity contribution in [2.75, 3.05) is 24.1 Å². The molecule has 1 aliphatic rings. The third kappa shape index (κ3) is 4.32. The number of benzene rings is 1. The van der Waals surface area contributed by atoms with E-state index in [4.69, 9.17) is 10.7 Å². The second kappa shape index (κ2) is 9.00. The molecule has 8 heteroatoms. The molecule has 1 fully saturated rings. The molecule has 1 aromatic carbocycles. The van der Waals surface area contributed by atoms with Crippen molar-refractivity contribution in [1.29, 1.82) is 0 Å². The lowest BCUT2D eigenvalue weighted by Gasteiger charge is -2.33. The molecule has 1 aliphatic heterocycles. The lowest BCUT2D eigenvalue weighted by molar-refractivity contribution is 0.199. The Labute approximate surface area is 189 Å². The van der Waals surface area contributed by atoms with Crippen molar-refractivity contribution in [1.82, 2.24) is 24.5 Å². The number of rotatable bonds is 6. The molecule has 0 aliphatic carbocycles. The highest BCUT2D eigenvalue weighted by Gasteiger charge is 2.24. The zero-order chi connectivity index (χ0) is 21.9. The molecule has 0 spiro atoms. The predicted molar refractivity (Wildman–Crippen MR) is 131 cm³/mol. The van der Waals surface area contributed by atoms with Gasteiger partial charge in [-0.3, -0.25) is 9.88 Å². The number of likely N-dealkylation sites (tertiary alicyclic amines) is 1. The van der Waals surface area contributed by atoms with Gasteiger partial charge in [-0.05, 0) is 48.1 Å². The summed E-state index contributed by atoms with van der Waals surface area (Å²) in [5, 5.41) is 8.09. The van der Waals surface area contributed by atoms with Crippen LogP contribution in [0.1, 0.15) is 35.6 Å². The van der Waals surface area contributed by atoms with Gasteiger partial charge in [-0.15, -0.1) is 0 Å². The van der Waals surface area contributed by atoms with E-state index in [0.717, 1.165) is 66.3 Å². The highest BCUT2D eigenvalue weighted by Crippen LogP contribution is 2.29. The van der Waals surface area contributed by atoms with Crippen LogP contribution >= 0.6 is 0 Å². The van der Waals surface area contributed by atoms with E-state index in [9.17, 15) is 0 Å². The van der Waals surface area contributed by atoms with Crippen LogP contribution in [-0.2, 0) is 13.1 Å². The fourth-order valence-electron chi connectivity index (χ4n) is 4.48. The van der Waals surface area contributed by atoms with Crippen molar-refractivity contribution >= 4 is 30.5 Å². The first-order valence-electron chi connectivity index (χ1n) is 11.2. The van der Waals surface area contributed by atoms with Gasteiger partial charge in [0.25, 0.3) is 0 Å². The van der Waals surface area contributed by atoms with Crippen molar-refractivity contribution in [3.8, 4) is 0 Å². The molecule has 0 radical (unpaired) electrons.